The fraction of sp³-hybridized carbons (Fsp3) is 0.545. The molecule has 0 aliphatic heterocycles. The van der Waals surface area contributed by atoms with Crippen LogP contribution in [-0.2, 0) is 4.79 Å². The summed E-state index contributed by atoms with van der Waals surface area (Å²) in [6.45, 7) is 2.68. The number of primary amides is 1. The second kappa shape index (κ2) is 9.21. The van der Waals surface area contributed by atoms with E-state index in [0.29, 0.717) is 6.54 Å². The van der Waals surface area contributed by atoms with Crippen LogP contribution in [-0.4, -0.2) is 18.5 Å². The molecule has 0 unspecified atom stereocenters. The number of rotatable bonds is 7. The van der Waals surface area contributed by atoms with Crippen LogP contribution < -0.4 is 16.4 Å². The van der Waals surface area contributed by atoms with Crippen LogP contribution in [0.3, 0.4) is 0 Å². The summed E-state index contributed by atoms with van der Waals surface area (Å²) >= 11 is 0. The highest BCUT2D eigenvalue weighted by Crippen LogP contribution is 1.96. The summed E-state index contributed by atoms with van der Waals surface area (Å²) in [5, 5.41) is 13.4. The SMILES string of the molecule is CCCCCCNC(=O)NC=C(C#N)C(N)=O. The Hall–Kier alpha value is -2.03. The van der Waals surface area contributed by atoms with Crippen LogP contribution in [0.5, 0.6) is 0 Å². The zero-order valence-electron chi connectivity index (χ0n) is 9.95. The van der Waals surface area contributed by atoms with Crippen molar-refractivity contribution in [3.05, 3.63) is 11.8 Å². The number of nitrogens with two attached hydrogens (primary N) is 1. The van der Waals surface area contributed by atoms with Gasteiger partial charge in [0.2, 0.25) is 0 Å². The number of carbonyl (C=O) groups is 2. The van der Waals surface area contributed by atoms with E-state index in [0.717, 1.165) is 31.9 Å². The van der Waals surface area contributed by atoms with Crippen molar-refractivity contribution in [2.75, 3.05) is 6.54 Å². The molecular weight excluding hydrogens is 220 g/mol. The van der Waals surface area contributed by atoms with Crippen LogP contribution in [0, 0.1) is 11.3 Å². The number of hydrogen-bond donors (Lipinski definition) is 3. The first-order valence-electron chi connectivity index (χ1n) is 5.56. The molecule has 0 aromatic rings. The summed E-state index contributed by atoms with van der Waals surface area (Å²) in [6.07, 6.45) is 5.26. The molecule has 3 amide bonds. The van der Waals surface area contributed by atoms with E-state index < -0.39 is 11.9 Å². The van der Waals surface area contributed by atoms with Crippen LogP contribution in [0.2, 0.25) is 0 Å². The Morgan fingerprint density at radius 2 is 2.06 bits per heavy atom. The zero-order valence-corrected chi connectivity index (χ0v) is 9.95. The Kier molecular flexibility index (Phi) is 8.11. The zero-order chi connectivity index (χ0) is 13.1. The first-order valence-corrected chi connectivity index (χ1v) is 5.56. The highest BCUT2D eigenvalue weighted by atomic mass is 16.2. The molecule has 0 aromatic heterocycles. The number of nitriles is 1. The van der Waals surface area contributed by atoms with Gasteiger partial charge in [0.15, 0.2) is 0 Å². The van der Waals surface area contributed by atoms with Gasteiger partial charge in [0.25, 0.3) is 5.91 Å². The molecule has 0 saturated carbocycles. The van der Waals surface area contributed by atoms with Gasteiger partial charge in [0.1, 0.15) is 11.6 Å². The summed E-state index contributed by atoms with van der Waals surface area (Å²) < 4.78 is 0. The van der Waals surface area contributed by atoms with Crippen molar-refractivity contribution in [1.29, 1.82) is 5.26 Å². The van der Waals surface area contributed by atoms with Gasteiger partial charge in [0.05, 0.1) is 0 Å². The van der Waals surface area contributed by atoms with Crippen LogP contribution in [0.4, 0.5) is 4.79 Å². The third-order valence-electron chi connectivity index (χ3n) is 2.05. The molecular formula is C11H18N4O2. The molecule has 6 nitrogen and oxygen atoms in total. The maximum absolute atomic E-state index is 11.2. The van der Waals surface area contributed by atoms with Crippen LogP contribution >= 0.6 is 0 Å². The van der Waals surface area contributed by atoms with Gasteiger partial charge < -0.3 is 16.4 Å². The van der Waals surface area contributed by atoms with Gasteiger partial charge in [-0.1, -0.05) is 26.2 Å². The maximum atomic E-state index is 11.2. The third-order valence-corrected chi connectivity index (χ3v) is 2.05. The molecule has 0 rings (SSSR count). The molecule has 0 fully saturated rings. The van der Waals surface area contributed by atoms with Crippen molar-refractivity contribution in [3.8, 4) is 6.07 Å². The largest absolute Gasteiger partial charge is 0.365 e. The lowest BCUT2D eigenvalue weighted by molar-refractivity contribution is -0.114. The molecule has 94 valence electrons. The van der Waals surface area contributed by atoms with E-state index in [1.54, 1.807) is 6.07 Å². The number of carbonyl (C=O) groups excluding carboxylic acids is 2. The lowest BCUT2D eigenvalue weighted by Crippen LogP contribution is -2.33. The third kappa shape index (κ3) is 7.85. The van der Waals surface area contributed by atoms with E-state index >= 15 is 0 Å². The topological polar surface area (TPSA) is 108 Å². The molecule has 6 heteroatoms. The van der Waals surface area contributed by atoms with Crippen molar-refractivity contribution in [2.45, 2.75) is 32.6 Å². The lowest BCUT2D eigenvalue weighted by Gasteiger charge is -2.04. The lowest BCUT2D eigenvalue weighted by atomic mass is 10.2. The average Bonchev–Trinajstić information content (AvgIpc) is 2.29. The molecule has 0 aliphatic carbocycles. The normalized spacial score (nSPS) is 10.5. The number of hydrogen-bond acceptors (Lipinski definition) is 3. The van der Waals surface area contributed by atoms with Gasteiger partial charge in [0, 0.05) is 12.7 Å². The first-order chi connectivity index (χ1) is 8.11. The number of nitrogens with zero attached hydrogens (tertiary/aromatic N) is 1. The summed E-state index contributed by atoms with van der Waals surface area (Å²) in [5.74, 6) is -0.865. The second-order valence-electron chi connectivity index (χ2n) is 3.49. The van der Waals surface area contributed by atoms with Gasteiger partial charge in [-0.25, -0.2) is 4.79 Å². The van der Waals surface area contributed by atoms with Crippen molar-refractivity contribution in [2.24, 2.45) is 5.73 Å². The van der Waals surface area contributed by atoms with Crippen LogP contribution in [0.15, 0.2) is 11.8 Å². The highest BCUT2D eigenvalue weighted by molar-refractivity contribution is 5.96. The first kappa shape index (κ1) is 15.0. The molecule has 0 atom stereocenters. The van der Waals surface area contributed by atoms with Gasteiger partial charge in [-0.3, -0.25) is 4.79 Å². The van der Waals surface area contributed by atoms with Gasteiger partial charge >= 0.3 is 6.03 Å². The summed E-state index contributed by atoms with van der Waals surface area (Å²) in [7, 11) is 0. The molecule has 0 spiro atoms. The monoisotopic (exact) mass is 238 g/mol. The Morgan fingerprint density at radius 3 is 2.59 bits per heavy atom. The summed E-state index contributed by atoms with van der Waals surface area (Å²) in [4.78, 5) is 21.8. The number of unbranched alkanes of at least 4 members (excludes halogenated alkanes) is 3. The van der Waals surface area contributed by atoms with E-state index in [4.69, 9.17) is 11.0 Å². The van der Waals surface area contributed by atoms with Gasteiger partial charge in [-0.05, 0) is 6.42 Å². The average molecular weight is 238 g/mol. The number of amides is 3. The van der Waals surface area contributed by atoms with Gasteiger partial charge in [-0.15, -0.1) is 0 Å². The Bertz CT molecular complexity index is 331. The maximum Gasteiger partial charge on any atom is 0.318 e. The summed E-state index contributed by atoms with van der Waals surface area (Å²) in [6, 6.07) is 1.14. The molecule has 0 bridgehead atoms. The van der Waals surface area contributed by atoms with Crippen molar-refractivity contribution in [3.63, 3.8) is 0 Å². The van der Waals surface area contributed by atoms with Crippen molar-refractivity contribution < 1.29 is 9.59 Å². The van der Waals surface area contributed by atoms with E-state index in [2.05, 4.69) is 17.6 Å². The molecule has 0 aliphatic rings. The molecule has 0 aromatic carbocycles. The van der Waals surface area contributed by atoms with Crippen LogP contribution in [0.1, 0.15) is 32.6 Å². The fourth-order valence-corrected chi connectivity index (χ4v) is 1.10. The standard InChI is InChI=1S/C11H18N4O2/c1-2-3-4-5-6-14-11(17)15-8-9(7-12)10(13)16/h8H,2-6H2,1H3,(H2,13,16)(H2,14,15,17). The number of urea groups is 1. The Labute approximate surface area is 101 Å². The Morgan fingerprint density at radius 1 is 1.35 bits per heavy atom. The Balaban J connectivity index is 3.80. The highest BCUT2D eigenvalue weighted by Gasteiger charge is 2.03. The van der Waals surface area contributed by atoms with E-state index in [1.807, 2.05) is 0 Å². The minimum atomic E-state index is -0.865. The molecule has 0 saturated heterocycles. The van der Waals surface area contributed by atoms with Crippen molar-refractivity contribution >= 4 is 11.9 Å². The summed E-state index contributed by atoms with van der Waals surface area (Å²) in [5.41, 5.74) is 4.60. The van der Waals surface area contributed by atoms with Crippen molar-refractivity contribution in [1.82, 2.24) is 10.6 Å². The molecule has 0 heterocycles. The smallest absolute Gasteiger partial charge is 0.318 e. The molecule has 4 N–H and O–H groups in total. The van der Waals surface area contributed by atoms with Crippen LogP contribution in [0.25, 0.3) is 0 Å². The fourth-order valence-electron chi connectivity index (χ4n) is 1.10. The van der Waals surface area contributed by atoms with E-state index in [9.17, 15) is 9.59 Å². The molecule has 0 radical (unpaired) electrons. The predicted molar refractivity (Wildman–Crippen MR) is 63.6 cm³/mol. The van der Waals surface area contributed by atoms with Gasteiger partial charge in [-0.2, -0.15) is 5.26 Å². The predicted octanol–water partition coefficient (Wildman–Crippen LogP) is 0.759. The second-order valence-corrected chi connectivity index (χ2v) is 3.49. The number of nitrogens with one attached hydrogen (secondary N) is 2. The minimum absolute atomic E-state index is 0.286. The van der Waals surface area contributed by atoms with E-state index in [1.165, 1.54) is 0 Å². The molecule has 17 heavy (non-hydrogen) atoms. The quantitative estimate of drug-likeness (QED) is 0.346. The minimum Gasteiger partial charge on any atom is -0.365 e. The van der Waals surface area contributed by atoms with E-state index in [-0.39, 0.29) is 5.57 Å².